The maximum atomic E-state index is 13.9. The standard InChI is InChI=1S/C23H28N4O2.C22H25FN4O2/c1-16(2)15-28-20-8-4-7-18(12-20)13-27-11-9-19(14-27)22-25-23(29-26-22)21-17(3)6-5-10-24-21;1-15(2)14-28-18-6-3-5-16(11-18)12-27-10-8-17(13-27)21-25-22(29-26-21)20-19(23)7-4-9-24-20/h4-8,10,12,16,19H,9,11,13-15H2,1-3H3;3-7,9,11,15,17H,8,10,12-14H2,1-2H3. The second kappa shape index (κ2) is 19.3. The monoisotopic (exact) mass is 788 g/mol. The molecule has 6 heterocycles. The van der Waals surface area contributed by atoms with Gasteiger partial charge >= 0.3 is 0 Å². The first-order valence-electron chi connectivity index (χ1n) is 20.2. The topological polar surface area (TPSA) is 129 Å². The molecule has 8 rings (SSSR count). The minimum Gasteiger partial charge on any atom is -0.493 e. The Labute approximate surface area is 339 Å². The van der Waals surface area contributed by atoms with Crippen LogP contribution in [0.2, 0.25) is 0 Å². The first-order valence-corrected chi connectivity index (χ1v) is 20.2. The van der Waals surface area contributed by atoms with Gasteiger partial charge in [-0.3, -0.25) is 14.8 Å². The van der Waals surface area contributed by atoms with Crippen molar-refractivity contribution in [3.05, 3.63) is 119 Å². The number of ether oxygens (including phenoxy) is 2. The van der Waals surface area contributed by atoms with Gasteiger partial charge in [0.1, 0.15) is 17.2 Å². The van der Waals surface area contributed by atoms with Gasteiger partial charge in [0.2, 0.25) is 0 Å². The Morgan fingerprint density at radius 2 is 1.17 bits per heavy atom. The van der Waals surface area contributed by atoms with Crippen molar-refractivity contribution < 1.29 is 22.9 Å². The van der Waals surface area contributed by atoms with Gasteiger partial charge in [0.15, 0.2) is 23.2 Å². The molecule has 0 bridgehead atoms. The van der Waals surface area contributed by atoms with E-state index in [-0.39, 0.29) is 23.4 Å². The average molecular weight is 789 g/mol. The van der Waals surface area contributed by atoms with Crippen molar-refractivity contribution in [1.29, 1.82) is 0 Å². The molecule has 0 aliphatic carbocycles. The lowest BCUT2D eigenvalue weighted by atomic mass is 10.1. The SMILES string of the molecule is CC(C)COc1cccc(CN2CCC(c3noc(-c4ncccc4F)n3)C2)c1.Cc1cccnc1-c1nc(C2CCN(Cc3cccc(OCC(C)C)c3)C2)no1. The lowest BCUT2D eigenvalue weighted by Gasteiger charge is -2.16. The molecule has 13 heteroatoms. The summed E-state index contributed by atoms with van der Waals surface area (Å²) in [5.74, 6) is 4.89. The maximum absolute atomic E-state index is 13.9. The molecule has 4 aromatic heterocycles. The summed E-state index contributed by atoms with van der Waals surface area (Å²) in [5, 5.41) is 8.31. The van der Waals surface area contributed by atoms with Crippen molar-refractivity contribution >= 4 is 0 Å². The number of aromatic nitrogens is 6. The molecule has 2 aromatic carbocycles. The number of likely N-dealkylation sites (tertiary alicyclic amines) is 2. The summed E-state index contributed by atoms with van der Waals surface area (Å²) in [6.45, 7) is 17.5. The van der Waals surface area contributed by atoms with Gasteiger partial charge in [0.05, 0.1) is 13.2 Å². The van der Waals surface area contributed by atoms with Gasteiger partial charge in [-0.05, 0) is 104 Å². The Kier molecular flexibility index (Phi) is 13.5. The Morgan fingerprint density at radius 3 is 1.67 bits per heavy atom. The molecule has 0 radical (unpaired) electrons. The predicted octanol–water partition coefficient (Wildman–Crippen LogP) is 8.76. The lowest BCUT2D eigenvalue weighted by molar-refractivity contribution is 0.269. The zero-order valence-electron chi connectivity index (χ0n) is 34.1. The maximum Gasteiger partial charge on any atom is 0.279 e. The van der Waals surface area contributed by atoms with Crippen molar-refractivity contribution in [3.8, 4) is 34.7 Å². The van der Waals surface area contributed by atoms with Crippen LogP contribution >= 0.6 is 0 Å². The molecule has 304 valence electrons. The number of benzene rings is 2. The summed E-state index contributed by atoms with van der Waals surface area (Å²) in [6, 6.07) is 23.4. The van der Waals surface area contributed by atoms with E-state index < -0.39 is 5.82 Å². The fourth-order valence-electron chi connectivity index (χ4n) is 7.13. The van der Waals surface area contributed by atoms with E-state index in [4.69, 9.17) is 18.5 Å². The third-order valence-electron chi connectivity index (χ3n) is 10.1. The third kappa shape index (κ3) is 10.9. The minimum atomic E-state index is -0.463. The van der Waals surface area contributed by atoms with Crippen LogP contribution in [0.4, 0.5) is 4.39 Å². The molecule has 12 nitrogen and oxygen atoms in total. The Balaban J connectivity index is 0.000000177. The van der Waals surface area contributed by atoms with E-state index in [9.17, 15) is 4.39 Å². The third-order valence-corrected chi connectivity index (χ3v) is 10.1. The van der Waals surface area contributed by atoms with Crippen molar-refractivity contribution in [3.63, 3.8) is 0 Å². The molecule has 6 aromatic rings. The van der Waals surface area contributed by atoms with Gasteiger partial charge < -0.3 is 18.5 Å². The number of hydrogen-bond acceptors (Lipinski definition) is 12. The van der Waals surface area contributed by atoms with Gasteiger partial charge in [-0.15, -0.1) is 0 Å². The summed E-state index contributed by atoms with van der Waals surface area (Å²) in [7, 11) is 0. The molecule has 58 heavy (non-hydrogen) atoms. The Bertz CT molecular complexity index is 2070. The fourth-order valence-corrected chi connectivity index (χ4v) is 7.13. The molecule has 2 unspecified atom stereocenters. The van der Waals surface area contributed by atoms with Crippen LogP contribution in [-0.4, -0.2) is 79.4 Å². The first kappa shape index (κ1) is 40.7. The molecule has 2 fully saturated rings. The van der Waals surface area contributed by atoms with E-state index in [1.807, 2.05) is 37.3 Å². The molecular formula is C45H53FN8O4. The smallest absolute Gasteiger partial charge is 0.279 e. The van der Waals surface area contributed by atoms with Crippen molar-refractivity contribution in [1.82, 2.24) is 40.0 Å². The fraction of sp³-hybridized carbons (Fsp3) is 0.422. The molecular weight excluding hydrogens is 736 g/mol. The van der Waals surface area contributed by atoms with Crippen LogP contribution in [0.1, 0.15) is 80.7 Å². The minimum absolute atomic E-state index is 0.0966. The quantitative estimate of drug-likeness (QED) is 0.105. The number of nitrogens with zero attached hydrogens (tertiary/aromatic N) is 8. The van der Waals surface area contributed by atoms with Gasteiger partial charge in [-0.2, -0.15) is 9.97 Å². The molecule has 0 N–H and O–H groups in total. The second-order valence-corrected chi connectivity index (χ2v) is 16.1. The molecule has 2 saturated heterocycles. The van der Waals surface area contributed by atoms with Crippen molar-refractivity contribution in [2.24, 2.45) is 11.8 Å². The number of pyridine rings is 2. The average Bonchev–Trinajstić information content (AvgIpc) is 4.06. The van der Waals surface area contributed by atoms with Gasteiger partial charge in [0, 0.05) is 50.4 Å². The highest BCUT2D eigenvalue weighted by Crippen LogP contribution is 2.31. The molecule has 2 aliphatic rings. The van der Waals surface area contributed by atoms with Crippen LogP contribution < -0.4 is 9.47 Å². The summed E-state index contributed by atoms with van der Waals surface area (Å²) in [4.78, 5) is 22.2. The van der Waals surface area contributed by atoms with E-state index in [2.05, 4.69) is 98.1 Å². The summed E-state index contributed by atoms with van der Waals surface area (Å²) in [6.07, 6.45) is 5.23. The molecule has 2 atom stereocenters. The largest absolute Gasteiger partial charge is 0.493 e. The highest BCUT2D eigenvalue weighted by Gasteiger charge is 2.30. The number of hydrogen-bond donors (Lipinski definition) is 0. The molecule has 2 aliphatic heterocycles. The van der Waals surface area contributed by atoms with E-state index in [0.29, 0.717) is 30.2 Å². The van der Waals surface area contributed by atoms with Crippen LogP contribution in [-0.2, 0) is 13.1 Å². The van der Waals surface area contributed by atoms with E-state index >= 15 is 0 Å². The Morgan fingerprint density at radius 1 is 0.672 bits per heavy atom. The zero-order valence-corrected chi connectivity index (χ0v) is 34.1. The lowest BCUT2D eigenvalue weighted by Crippen LogP contribution is -2.20. The van der Waals surface area contributed by atoms with Crippen LogP contribution in [0.3, 0.4) is 0 Å². The Hall–Kier alpha value is -5.53. The van der Waals surface area contributed by atoms with Gasteiger partial charge in [-0.1, -0.05) is 68.3 Å². The van der Waals surface area contributed by atoms with Crippen LogP contribution in [0, 0.1) is 24.6 Å². The highest BCUT2D eigenvalue weighted by atomic mass is 19.1. The highest BCUT2D eigenvalue weighted by molar-refractivity contribution is 5.51. The van der Waals surface area contributed by atoms with Crippen LogP contribution in [0.5, 0.6) is 11.5 Å². The molecule has 0 amide bonds. The number of rotatable bonds is 14. The summed E-state index contributed by atoms with van der Waals surface area (Å²) >= 11 is 0. The van der Waals surface area contributed by atoms with Gasteiger partial charge in [-0.25, -0.2) is 9.37 Å². The van der Waals surface area contributed by atoms with Crippen LogP contribution in [0.15, 0.2) is 94.2 Å². The van der Waals surface area contributed by atoms with E-state index in [0.717, 1.165) is 87.3 Å². The predicted molar refractivity (Wildman–Crippen MR) is 219 cm³/mol. The number of halogens is 1. The normalized spacial score (nSPS) is 17.2. The second-order valence-electron chi connectivity index (χ2n) is 16.1. The summed E-state index contributed by atoms with van der Waals surface area (Å²) < 4.78 is 36.3. The van der Waals surface area contributed by atoms with Crippen molar-refractivity contribution in [2.45, 2.75) is 72.4 Å². The molecule has 0 saturated carbocycles. The summed E-state index contributed by atoms with van der Waals surface area (Å²) in [5.41, 5.74) is 4.38. The molecule has 0 spiro atoms. The van der Waals surface area contributed by atoms with Crippen molar-refractivity contribution in [2.75, 3.05) is 39.4 Å². The first-order chi connectivity index (χ1) is 28.2. The van der Waals surface area contributed by atoms with E-state index in [1.54, 1.807) is 6.20 Å². The zero-order chi connectivity index (χ0) is 40.4. The van der Waals surface area contributed by atoms with Crippen LogP contribution in [0.25, 0.3) is 23.2 Å². The van der Waals surface area contributed by atoms with Gasteiger partial charge in [0.25, 0.3) is 11.8 Å². The van der Waals surface area contributed by atoms with E-state index in [1.165, 1.54) is 29.5 Å². The number of aryl methyl sites for hydroxylation is 1.